The number of hydrogen-bond donors (Lipinski definition) is 2. The van der Waals surface area contributed by atoms with Crippen molar-refractivity contribution < 1.29 is 13.6 Å². The molecule has 0 bridgehead atoms. The largest absolute Gasteiger partial charge is 0.351 e. The van der Waals surface area contributed by atoms with E-state index in [1.165, 1.54) is 0 Å². The van der Waals surface area contributed by atoms with E-state index < -0.39 is 12.5 Å². The van der Waals surface area contributed by atoms with Gasteiger partial charge in [0.1, 0.15) is 0 Å². The summed E-state index contributed by atoms with van der Waals surface area (Å²) in [5.74, 6) is 0.302. The normalized spacial score (nSPS) is 24.8. The lowest BCUT2D eigenvalue weighted by atomic mass is 9.80. The average molecular weight is 277 g/mol. The zero-order valence-electron chi connectivity index (χ0n) is 12.0. The zero-order valence-corrected chi connectivity index (χ0v) is 12.0. The predicted octanol–water partition coefficient (Wildman–Crippen LogP) is 2.05. The van der Waals surface area contributed by atoms with Gasteiger partial charge < -0.3 is 16.0 Å². The number of halogens is 2. The third-order valence-electron chi connectivity index (χ3n) is 3.31. The van der Waals surface area contributed by atoms with Gasteiger partial charge in [-0.05, 0) is 24.2 Å². The van der Waals surface area contributed by atoms with Gasteiger partial charge in [0.05, 0.1) is 6.54 Å². The van der Waals surface area contributed by atoms with Crippen molar-refractivity contribution in [2.24, 2.45) is 17.1 Å². The first-order valence-electron chi connectivity index (χ1n) is 6.73. The van der Waals surface area contributed by atoms with Crippen molar-refractivity contribution in [3.05, 3.63) is 0 Å². The number of rotatable bonds is 4. The zero-order chi connectivity index (χ0) is 14.6. The number of piperidine rings is 1. The summed E-state index contributed by atoms with van der Waals surface area (Å²) >= 11 is 0. The van der Waals surface area contributed by atoms with Gasteiger partial charge in [-0.1, -0.05) is 20.8 Å². The molecule has 3 N–H and O–H groups in total. The van der Waals surface area contributed by atoms with Gasteiger partial charge >= 0.3 is 6.03 Å². The maximum absolute atomic E-state index is 12.2. The van der Waals surface area contributed by atoms with Crippen molar-refractivity contribution >= 4 is 6.03 Å². The molecule has 0 aromatic rings. The fourth-order valence-corrected chi connectivity index (χ4v) is 2.80. The Labute approximate surface area is 113 Å². The number of nitrogens with two attached hydrogens (primary N) is 1. The van der Waals surface area contributed by atoms with Gasteiger partial charge in [0.15, 0.2) is 0 Å². The fraction of sp³-hybridized carbons (Fsp3) is 0.923. The molecule has 0 aromatic heterocycles. The molecule has 0 spiro atoms. The first kappa shape index (κ1) is 16.1. The van der Waals surface area contributed by atoms with Gasteiger partial charge in [0.2, 0.25) is 0 Å². The summed E-state index contributed by atoms with van der Waals surface area (Å²) < 4.78 is 24.5. The van der Waals surface area contributed by atoms with E-state index in [4.69, 9.17) is 5.73 Å². The van der Waals surface area contributed by atoms with Gasteiger partial charge in [-0.3, -0.25) is 0 Å². The Morgan fingerprint density at radius 3 is 2.53 bits per heavy atom. The number of urea groups is 1. The van der Waals surface area contributed by atoms with E-state index in [2.05, 4.69) is 26.1 Å². The van der Waals surface area contributed by atoms with Crippen molar-refractivity contribution in [1.82, 2.24) is 10.2 Å². The van der Waals surface area contributed by atoms with Crippen LogP contribution in [0.3, 0.4) is 0 Å². The van der Waals surface area contributed by atoms with Crippen molar-refractivity contribution in [2.75, 3.05) is 19.6 Å². The SMILES string of the molecule is CC(C)(C)CC1CC(NCC(F)F)CN(C(N)=O)C1. The van der Waals surface area contributed by atoms with Crippen LogP contribution >= 0.6 is 0 Å². The second kappa shape index (κ2) is 6.50. The van der Waals surface area contributed by atoms with E-state index in [0.29, 0.717) is 19.0 Å². The standard InChI is InChI=1S/C13H25F2N3O/c1-13(2,3)5-9-4-10(17-6-11(14)15)8-18(7-9)12(16)19/h9-11,17H,4-8H2,1-3H3,(H2,16,19). The predicted molar refractivity (Wildman–Crippen MR) is 71.1 cm³/mol. The second-order valence-electron chi connectivity index (χ2n) is 6.61. The molecule has 1 aliphatic rings. The molecule has 2 unspecified atom stereocenters. The first-order valence-corrected chi connectivity index (χ1v) is 6.73. The van der Waals surface area contributed by atoms with E-state index in [1.807, 2.05) is 0 Å². The van der Waals surface area contributed by atoms with Crippen LogP contribution in [0, 0.1) is 11.3 Å². The Bertz CT molecular complexity index is 305. The Hall–Kier alpha value is -0.910. The third-order valence-corrected chi connectivity index (χ3v) is 3.31. The third kappa shape index (κ3) is 6.18. The topological polar surface area (TPSA) is 58.4 Å². The van der Waals surface area contributed by atoms with Gasteiger partial charge in [0, 0.05) is 19.1 Å². The molecule has 1 saturated heterocycles. The highest BCUT2D eigenvalue weighted by molar-refractivity contribution is 5.72. The smallest absolute Gasteiger partial charge is 0.314 e. The molecule has 1 heterocycles. The number of nitrogens with one attached hydrogen (secondary N) is 1. The molecule has 0 aromatic carbocycles. The van der Waals surface area contributed by atoms with Crippen LogP contribution in [-0.2, 0) is 0 Å². The number of amides is 2. The number of carbonyl (C=O) groups is 1. The van der Waals surface area contributed by atoms with Gasteiger partial charge in [-0.25, -0.2) is 13.6 Å². The van der Waals surface area contributed by atoms with Gasteiger partial charge in [-0.2, -0.15) is 0 Å². The summed E-state index contributed by atoms with van der Waals surface area (Å²) in [7, 11) is 0. The molecule has 4 nitrogen and oxygen atoms in total. The fourth-order valence-electron chi connectivity index (χ4n) is 2.80. The molecule has 0 aliphatic carbocycles. The number of carbonyl (C=O) groups excluding carboxylic acids is 1. The summed E-state index contributed by atoms with van der Waals surface area (Å²) in [6.07, 6.45) is -0.609. The summed E-state index contributed by atoms with van der Waals surface area (Å²) in [6, 6.07) is -0.565. The maximum atomic E-state index is 12.2. The molecule has 1 fully saturated rings. The maximum Gasteiger partial charge on any atom is 0.314 e. The quantitative estimate of drug-likeness (QED) is 0.826. The van der Waals surface area contributed by atoms with E-state index >= 15 is 0 Å². The highest BCUT2D eigenvalue weighted by Gasteiger charge is 2.31. The Morgan fingerprint density at radius 2 is 2.05 bits per heavy atom. The first-order chi connectivity index (χ1) is 8.67. The molecule has 0 radical (unpaired) electrons. The monoisotopic (exact) mass is 277 g/mol. The van der Waals surface area contributed by atoms with Gasteiger partial charge in [0.25, 0.3) is 6.43 Å². The van der Waals surface area contributed by atoms with Crippen LogP contribution in [0.25, 0.3) is 0 Å². The molecule has 0 saturated carbocycles. The molecule has 2 atom stereocenters. The van der Waals surface area contributed by atoms with Crippen molar-refractivity contribution in [3.8, 4) is 0 Å². The van der Waals surface area contributed by atoms with E-state index in [1.54, 1.807) is 4.90 Å². The van der Waals surface area contributed by atoms with E-state index in [0.717, 1.165) is 12.8 Å². The second-order valence-corrected chi connectivity index (χ2v) is 6.61. The van der Waals surface area contributed by atoms with Crippen LogP contribution in [0.5, 0.6) is 0 Å². The van der Waals surface area contributed by atoms with Crippen LogP contribution in [0.2, 0.25) is 0 Å². The van der Waals surface area contributed by atoms with Crippen LogP contribution in [-0.4, -0.2) is 43.0 Å². The number of primary amides is 1. The molecule has 2 amide bonds. The summed E-state index contributed by atoms with van der Waals surface area (Å²) in [4.78, 5) is 12.9. The number of alkyl halides is 2. The highest BCUT2D eigenvalue weighted by atomic mass is 19.3. The Kier molecular flexibility index (Phi) is 5.52. The molecule has 1 rings (SSSR count). The van der Waals surface area contributed by atoms with Gasteiger partial charge in [-0.15, -0.1) is 0 Å². The molecule has 6 heteroatoms. The number of hydrogen-bond acceptors (Lipinski definition) is 2. The lowest BCUT2D eigenvalue weighted by molar-refractivity contribution is 0.107. The molecular formula is C13H25F2N3O. The Morgan fingerprint density at radius 1 is 1.42 bits per heavy atom. The van der Waals surface area contributed by atoms with E-state index in [-0.39, 0.29) is 18.0 Å². The average Bonchev–Trinajstić information content (AvgIpc) is 2.23. The van der Waals surface area contributed by atoms with Crippen LogP contribution in [0.15, 0.2) is 0 Å². The van der Waals surface area contributed by atoms with Crippen molar-refractivity contribution in [2.45, 2.75) is 46.1 Å². The van der Waals surface area contributed by atoms with Crippen molar-refractivity contribution in [1.29, 1.82) is 0 Å². The summed E-state index contributed by atoms with van der Waals surface area (Å²) in [5.41, 5.74) is 5.47. The lowest BCUT2D eigenvalue weighted by Gasteiger charge is -2.39. The van der Waals surface area contributed by atoms with Crippen LogP contribution in [0.4, 0.5) is 13.6 Å². The van der Waals surface area contributed by atoms with Crippen molar-refractivity contribution in [3.63, 3.8) is 0 Å². The summed E-state index contributed by atoms with van der Waals surface area (Å²) in [5, 5.41) is 2.82. The minimum absolute atomic E-state index is 0.0948. The van der Waals surface area contributed by atoms with Crippen LogP contribution < -0.4 is 11.1 Å². The Balaban J connectivity index is 2.60. The van der Waals surface area contributed by atoms with Crippen LogP contribution in [0.1, 0.15) is 33.6 Å². The molecule has 112 valence electrons. The molecule has 19 heavy (non-hydrogen) atoms. The highest BCUT2D eigenvalue weighted by Crippen LogP contribution is 2.30. The number of likely N-dealkylation sites (tertiary alicyclic amines) is 1. The lowest BCUT2D eigenvalue weighted by Crippen LogP contribution is -2.53. The molecule has 1 aliphatic heterocycles. The minimum atomic E-state index is -2.37. The van der Waals surface area contributed by atoms with E-state index in [9.17, 15) is 13.6 Å². The minimum Gasteiger partial charge on any atom is -0.351 e. The molecular weight excluding hydrogens is 252 g/mol. The summed E-state index contributed by atoms with van der Waals surface area (Å²) in [6.45, 7) is 7.12. The number of nitrogens with zero attached hydrogens (tertiary/aromatic N) is 1.